The van der Waals surface area contributed by atoms with Gasteiger partial charge in [-0.2, -0.15) is 0 Å². The number of benzene rings is 3. The first kappa shape index (κ1) is 23.3. The fourth-order valence-corrected chi connectivity index (χ4v) is 3.30. The number of nitrogens with one attached hydrogen (secondary N) is 1. The smallest absolute Gasteiger partial charge is 0.335 e. The van der Waals surface area contributed by atoms with Crippen LogP contribution in [0.25, 0.3) is 17.8 Å². The first-order valence-corrected chi connectivity index (χ1v) is 10.3. The van der Waals surface area contributed by atoms with Crippen LogP contribution in [0.5, 0.6) is 5.75 Å². The van der Waals surface area contributed by atoms with Crippen LogP contribution in [0.1, 0.15) is 27.2 Å². The van der Waals surface area contributed by atoms with Crippen molar-refractivity contribution >= 4 is 29.5 Å². The van der Waals surface area contributed by atoms with Gasteiger partial charge in [-0.05, 0) is 43.3 Å². The zero-order chi connectivity index (χ0) is 25.1. The molecule has 0 bridgehead atoms. The number of phenolic OH excluding ortho intramolecular Hbond substituents is 1. The lowest BCUT2D eigenvalue weighted by Gasteiger charge is -2.02. The van der Waals surface area contributed by atoms with Crippen molar-refractivity contribution in [3.63, 3.8) is 0 Å². The second-order valence-electron chi connectivity index (χ2n) is 7.50. The molecule has 0 aliphatic heterocycles. The van der Waals surface area contributed by atoms with Crippen molar-refractivity contribution in [1.29, 1.82) is 0 Å². The number of phenols is 1. The molecule has 0 fully saturated rings. The number of hydrogen-bond donors (Lipinski definition) is 3. The molecule has 35 heavy (non-hydrogen) atoms. The number of hydrogen-bond acceptors (Lipinski definition) is 5. The van der Waals surface area contributed by atoms with Gasteiger partial charge in [0, 0.05) is 17.2 Å². The number of carboxylic acid groups (broad SMARTS) is 1. The molecule has 4 rings (SSSR count). The Hall–Kier alpha value is -4.86. The lowest BCUT2D eigenvalue weighted by molar-refractivity contribution is 0.0697. The number of aromatic nitrogens is 2. The maximum Gasteiger partial charge on any atom is 0.335 e. The van der Waals surface area contributed by atoms with E-state index in [2.05, 4.69) is 15.3 Å². The number of azo groups is 1. The number of halogens is 2. The standard InChI is InChI=1S/C25H18F2N4O4/c1-14-22(24(33)31(30-14)19-6-2-5-17(12-19)25(34)35)29-28-21-7-3-4-16(23(21)32)9-8-15-10-11-18(26)13-20(15)27/h2-13,30,32H,1H3,(H,34,35)/b9-8+,29-28?. The van der Waals surface area contributed by atoms with Crippen LogP contribution in [-0.4, -0.2) is 26.0 Å². The molecule has 4 aromatic rings. The van der Waals surface area contributed by atoms with E-state index in [1.807, 2.05) is 0 Å². The lowest BCUT2D eigenvalue weighted by Crippen LogP contribution is -2.14. The van der Waals surface area contributed by atoms with E-state index in [9.17, 15) is 28.6 Å². The summed E-state index contributed by atoms with van der Waals surface area (Å²) in [5.41, 5.74) is 0.610. The number of carbonyl (C=O) groups is 1. The van der Waals surface area contributed by atoms with Crippen LogP contribution in [-0.2, 0) is 0 Å². The fraction of sp³-hybridized carbons (Fsp3) is 0.0400. The number of aromatic amines is 1. The number of rotatable bonds is 6. The molecule has 0 amide bonds. The van der Waals surface area contributed by atoms with Gasteiger partial charge in [0.1, 0.15) is 23.1 Å². The summed E-state index contributed by atoms with van der Waals surface area (Å²) in [5.74, 6) is -2.82. The number of aromatic hydroxyl groups is 1. The third-order valence-corrected chi connectivity index (χ3v) is 5.10. The van der Waals surface area contributed by atoms with Gasteiger partial charge in [-0.15, -0.1) is 10.2 Å². The molecule has 0 aliphatic rings. The number of H-pyrrole nitrogens is 1. The van der Waals surface area contributed by atoms with Crippen molar-refractivity contribution in [3.8, 4) is 11.4 Å². The van der Waals surface area contributed by atoms with Crippen LogP contribution < -0.4 is 5.56 Å². The molecule has 0 spiro atoms. The first-order chi connectivity index (χ1) is 16.7. The molecule has 0 unspecified atom stereocenters. The molecule has 10 heteroatoms. The summed E-state index contributed by atoms with van der Waals surface area (Å²) in [6.45, 7) is 1.60. The highest BCUT2D eigenvalue weighted by molar-refractivity contribution is 5.88. The predicted molar refractivity (Wildman–Crippen MR) is 126 cm³/mol. The fourth-order valence-electron chi connectivity index (χ4n) is 3.30. The molecular formula is C25H18F2N4O4. The summed E-state index contributed by atoms with van der Waals surface area (Å²) in [6, 6.07) is 13.6. The van der Waals surface area contributed by atoms with Crippen LogP contribution in [0.4, 0.5) is 20.2 Å². The van der Waals surface area contributed by atoms with Crippen LogP contribution in [0, 0.1) is 18.6 Å². The average Bonchev–Trinajstić information content (AvgIpc) is 3.12. The van der Waals surface area contributed by atoms with Crippen LogP contribution in [0.3, 0.4) is 0 Å². The highest BCUT2D eigenvalue weighted by Crippen LogP contribution is 2.33. The highest BCUT2D eigenvalue weighted by Gasteiger charge is 2.14. The van der Waals surface area contributed by atoms with E-state index in [0.717, 1.165) is 16.8 Å². The van der Waals surface area contributed by atoms with Crippen molar-refractivity contribution < 1.29 is 23.8 Å². The lowest BCUT2D eigenvalue weighted by atomic mass is 10.1. The maximum absolute atomic E-state index is 13.9. The summed E-state index contributed by atoms with van der Waals surface area (Å²) in [6.07, 6.45) is 2.82. The highest BCUT2D eigenvalue weighted by atomic mass is 19.1. The molecule has 176 valence electrons. The molecule has 0 aliphatic carbocycles. The van der Waals surface area contributed by atoms with Gasteiger partial charge in [-0.25, -0.2) is 18.3 Å². The van der Waals surface area contributed by atoms with E-state index in [1.54, 1.807) is 25.1 Å². The Morgan fingerprint density at radius 1 is 1.00 bits per heavy atom. The van der Waals surface area contributed by atoms with Crippen molar-refractivity contribution in [2.45, 2.75) is 6.92 Å². The van der Waals surface area contributed by atoms with E-state index < -0.39 is 23.2 Å². The van der Waals surface area contributed by atoms with Gasteiger partial charge >= 0.3 is 5.97 Å². The third kappa shape index (κ3) is 4.91. The van der Waals surface area contributed by atoms with Crippen LogP contribution in [0.15, 0.2) is 75.7 Å². The van der Waals surface area contributed by atoms with Crippen molar-refractivity contribution in [2.24, 2.45) is 10.2 Å². The molecule has 0 radical (unpaired) electrons. The third-order valence-electron chi connectivity index (χ3n) is 5.10. The number of aryl methyl sites for hydroxylation is 1. The summed E-state index contributed by atoms with van der Waals surface area (Å²) in [5, 5.41) is 30.5. The Bertz CT molecular complexity index is 1550. The normalized spacial score (nSPS) is 11.5. The van der Waals surface area contributed by atoms with Crippen LogP contribution in [0.2, 0.25) is 0 Å². The molecule has 0 atom stereocenters. The van der Waals surface area contributed by atoms with E-state index in [-0.39, 0.29) is 28.3 Å². The Morgan fingerprint density at radius 2 is 1.74 bits per heavy atom. The number of para-hydroxylation sites is 1. The largest absolute Gasteiger partial charge is 0.505 e. The number of nitrogens with zero attached hydrogens (tertiary/aromatic N) is 3. The number of carboxylic acids is 1. The second kappa shape index (κ2) is 9.56. The number of aromatic carboxylic acids is 1. The SMILES string of the molecule is Cc1[nH]n(-c2cccc(C(=O)O)c2)c(=O)c1N=Nc1cccc(/C=C/c2ccc(F)cc2F)c1O. The molecular weight excluding hydrogens is 458 g/mol. The topological polar surface area (TPSA) is 120 Å². The molecule has 8 nitrogen and oxygen atoms in total. The Labute approximate surface area is 197 Å². The minimum atomic E-state index is -1.13. The van der Waals surface area contributed by atoms with Crippen molar-refractivity contribution in [1.82, 2.24) is 9.78 Å². The minimum Gasteiger partial charge on any atom is -0.505 e. The van der Waals surface area contributed by atoms with E-state index in [0.29, 0.717) is 16.9 Å². The van der Waals surface area contributed by atoms with Gasteiger partial charge in [0.15, 0.2) is 5.69 Å². The van der Waals surface area contributed by atoms with Gasteiger partial charge in [0.25, 0.3) is 5.56 Å². The Kier molecular flexibility index (Phi) is 6.36. The molecule has 3 N–H and O–H groups in total. The first-order valence-electron chi connectivity index (χ1n) is 10.3. The molecule has 0 saturated carbocycles. The molecule has 0 saturated heterocycles. The monoisotopic (exact) mass is 476 g/mol. The van der Waals surface area contributed by atoms with Crippen LogP contribution >= 0.6 is 0 Å². The molecule has 3 aromatic carbocycles. The predicted octanol–water partition coefficient (Wildman–Crippen LogP) is 5.74. The van der Waals surface area contributed by atoms with E-state index in [4.69, 9.17) is 0 Å². The second-order valence-corrected chi connectivity index (χ2v) is 7.50. The zero-order valence-corrected chi connectivity index (χ0v) is 18.2. The molecule has 1 heterocycles. The maximum atomic E-state index is 13.9. The van der Waals surface area contributed by atoms with Gasteiger partial charge in [-0.1, -0.05) is 30.4 Å². The van der Waals surface area contributed by atoms with Gasteiger partial charge in [-0.3, -0.25) is 9.89 Å². The van der Waals surface area contributed by atoms with Gasteiger partial charge < -0.3 is 10.2 Å². The summed E-state index contributed by atoms with van der Waals surface area (Å²) < 4.78 is 28.1. The molecule has 1 aromatic heterocycles. The quantitative estimate of drug-likeness (QED) is 0.243. The Morgan fingerprint density at radius 3 is 2.49 bits per heavy atom. The van der Waals surface area contributed by atoms with E-state index in [1.165, 1.54) is 42.5 Å². The minimum absolute atomic E-state index is 0.0140. The van der Waals surface area contributed by atoms with Gasteiger partial charge in [0.05, 0.1) is 16.9 Å². The zero-order valence-electron chi connectivity index (χ0n) is 18.2. The van der Waals surface area contributed by atoms with Crippen molar-refractivity contribution in [2.75, 3.05) is 0 Å². The van der Waals surface area contributed by atoms with E-state index >= 15 is 0 Å². The van der Waals surface area contributed by atoms with Gasteiger partial charge in [0.2, 0.25) is 0 Å². The summed E-state index contributed by atoms with van der Waals surface area (Å²) in [7, 11) is 0. The summed E-state index contributed by atoms with van der Waals surface area (Å²) in [4.78, 5) is 24.1. The van der Waals surface area contributed by atoms with Crippen molar-refractivity contribution in [3.05, 3.63) is 105 Å². The average molecular weight is 476 g/mol. The Balaban J connectivity index is 1.64. The summed E-state index contributed by atoms with van der Waals surface area (Å²) >= 11 is 0.